The number of nitrogens with two attached hydrogens (primary N) is 1. The molecule has 1 rings (SSSR count). The molecule has 1 aliphatic heterocycles. The Balaban J connectivity index is 2.57. The minimum atomic E-state index is 0.0574. The summed E-state index contributed by atoms with van der Waals surface area (Å²) >= 11 is 0. The van der Waals surface area contributed by atoms with Gasteiger partial charge in [-0.15, -0.1) is 0 Å². The van der Waals surface area contributed by atoms with Gasteiger partial charge in [0.05, 0.1) is 6.07 Å². The fourth-order valence-electron chi connectivity index (χ4n) is 1.33. The van der Waals surface area contributed by atoms with Gasteiger partial charge in [-0.3, -0.25) is 4.79 Å². The van der Waals surface area contributed by atoms with Crippen LogP contribution in [-0.2, 0) is 4.79 Å². The third-order valence-electron chi connectivity index (χ3n) is 1.97. The molecule has 0 saturated carbocycles. The summed E-state index contributed by atoms with van der Waals surface area (Å²) in [5.41, 5.74) is 5.41. The minimum Gasteiger partial charge on any atom is -0.328 e. The first-order chi connectivity index (χ1) is 5.29. The van der Waals surface area contributed by atoms with Crippen molar-refractivity contribution in [1.82, 2.24) is 4.90 Å². The van der Waals surface area contributed by atoms with E-state index in [0.29, 0.717) is 13.0 Å². The predicted molar refractivity (Wildman–Crippen MR) is 39.4 cm³/mol. The molecule has 1 saturated heterocycles. The highest BCUT2D eigenvalue weighted by Gasteiger charge is 2.28. The van der Waals surface area contributed by atoms with Crippen molar-refractivity contribution in [3.63, 3.8) is 0 Å². The molecule has 1 heterocycles. The number of amides is 1. The molecule has 1 unspecified atom stereocenters. The van der Waals surface area contributed by atoms with Crippen LogP contribution < -0.4 is 5.73 Å². The zero-order valence-corrected chi connectivity index (χ0v) is 6.29. The van der Waals surface area contributed by atoms with Crippen LogP contribution in [-0.4, -0.2) is 29.9 Å². The van der Waals surface area contributed by atoms with Gasteiger partial charge in [0.2, 0.25) is 5.91 Å². The van der Waals surface area contributed by atoms with Gasteiger partial charge in [0.25, 0.3) is 0 Å². The normalized spacial score (nSPS) is 23.8. The monoisotopic (exact) mass is 153 g/mol. The molecule has 0 radical (unpaired) electrons. The van der Waals surface area contributed by atoms with Crippen molar-refractivity contribution in [1.29, 1.82) is 5.26 Å². The van der Waals surface area contributed by atoms with Crippen molar-refractivity contribution in [2.45, 2.75) is 18.9 Å². The van der Waals surface area contributed by atoms with Crippen LogP contribution in [0.15, 0.2) is 0 Å². The molecule has 0 aromatic carbocycles. The molecular weight excluding hydrogens is 142 g/mol. The Bertz CT molecular complexity index is 196. The van der Waals surface area contributed by atoms with E-state index in [9.17, 15) is 4.79 Å². The molecule has 1 aliphatic rings. The Labute approximate surface area is 65.6 Å². The summed E-state index contributed by atoms with van der Waals surface area (Å²) in [5, 5.41) is 8.37. The van der Waals surface area contributed by atoms with Crippen molar-refractivity contribution in [2.75, 3.05) is 13.1 Å². The number of likely N-dealkylation sites (tertiary alicyclic amines) is 1. The van der Waals surface area contributed by atoms with Crippen molar-refractivity contribution in [3.8, 4) is 6.07 Å². The standard InChI is InChI=1S/C7H11N3O/c8-3-4-10-6(5-9)1-2-7(10)11/h6H,1-2,4-5,9H2. The number of hydrogen-bond acceptors (Lipinski definition) is 3. The van der Waals surface area contributed by atoms with Crippen molar-refractivity contribution in [3.05, 3.63) is 0 Å². The molecule has 0 bridgehead atoms. The summed E-state index contributed by atoms with van der Waals surface area (Å²) in [6.45, 7) is 0.647. The number of carbonyl (C=O) groups excluding carboxylic acids is 1. The Hall–Kier alpha value is -1.08. The maximum Gasteiger partial charge on any atom is 0.223 e. The van der Waals surface area contributed by atoms with Crippen LogP contribution in [0.5, 0.6) is 0 Å². The summed E-state index contributed by atoms with van der Waals surface area (Å²) in [5.74, 6) is 0.0574. The van der Waals surface area contributed by atoms with Gasteiger partial charge in [0.15, 0.2) is 0 Å². The highest BCUT2D eigenvalue weighted by molar-refractivity contribution is 5.79. The minimum absolute atomic E-state index is 0.0574. The lowest BCUT2D eigenvalue weighted by molar-refractivity contribution is -0.128. The van der Waals surface area contributed by atoms with Gasteiger partial charge in [-0.05, 0) is 6.42 Å². The largest absolute Gasteiger partial charge is 0.328 e. The Morgan fingerprint density at radius 2 is 2.55 bits per heavy atom. The van der Waals surface area contributed by atoms with Crippen LogP contribution in [0.4, 0.5) is 0 Å². The smallest absolute Gasteiger partial charge is 0.223 e. The molecule has 1 fully saturated rings. The lowest BCUT2D eigenvalue weighted by atomic mass is 10.2. The van der Waals surface area contributed by atoms with E-state index in [1.54, 1.807) is 4.90 Å². The summed E-state index contributed by atoms with van der Waals surface area (Å²) in [6, 6.07) is 2.05. The summed E-state index contributed by atoms with van der Waals surface area (Å²) in [6.07, 6.45) is 1.35. The molecule has 0 spiro atoms. The Kier molecular flexibility index (Phi) is 2.44. The van der Waals surface area contributed by atoms with Crippen molar-refractivity contribution < 1.29 is 4.79 Å². The van der Waals surface area contributed by atoms with E-state index in [1.165, 1.54) is 0 Å². The summed E-state index contributed by atoms with van der Waals surface area (Å²) in [7, 11) is 0. The zero-order valence-electron chi connectivity index (χ0n) is 6.29. The third-order valence-corrected chi connectivity index (χ3v) is 1.97. The zero-order chi connectivity index (χ0) is 8.27. The highest BCUT2D eigenvalue weighted by atomic mass is 16.2. The Morgan fingerprint density at radius 3 is 3.09 bits per heavy atom. The predicted octanol–water partition coefficient (Wildman–Crippen LogP) is -0.540. The maximum atomic E-state index is 11.1. The molecule has 1 atom stereocenters. The van der Waals surface area contributed by atoms with E-state index < -0.39 is 0 Å². The SMILES string of the molecule is N#CCN1C(=O)CCC1CN. The second-order valence-electron chi connectivity index (χ2n) is 2.61. The van der Waals surface area contributed by atoms with Crippen molar-refractivity contribution >= 4 is 5.91 Å². The lowest BCUT2D eigenvalue weighted by Gasteiger charge is -2.19. The molecule has 0 aliphatic carbocycles. The van der Waals surface area contributed by atoms with Gasteiger partial charge in [-0.1, -0.05) is 0 Å². The van der Waals surface area contributed by atoms with Gasteiger partial charge in [-0.2, -0.15) is 5.26 Å². The average Bonchev–Trinajstić information content (AvgIpc) is 2.34. The van der Waals surface area contributed by atoms with E-state index in [1.807, 2.05) is 6.07 Å². The molecule has 60 valence electrons. The average molecular weight is 153 g/mol. The van der Waals surface area contributed by atoms with Crippen LogP contribution in [0.2, 0.25) is 0 Å². The summed E-state index contributed by atoms with van der Waals surface area (Å²) < 4.78 is 0. The first kappa shape index (κ1) is 8.02. The van der Waals surface area contributed by atoms with Crippen molar-refractivity contribution in [2.24, 2.45) is 5.73 Å². The number of rotatable bonds is 2. The molecular formula is C7H11N3O. The molecule has 0 aromatic heterocycles. The fraction of sp³-hybridized carbons (Fsp3) is 0.714. The van der Waals surface area contributed by atoms with Crippen LogP contribution in [0, 0.1) is 11.3 Å². The van der Waals surface area contributed by atoms with Gasteiger partial charge < -0.3 is 10.6 Å². The van der Waals surface area contributed by atoms with E-state index in [4.69, 9.17) is 11.0 Å². The lowest BCUT2D eigenvalue weighted by Crippen LogP contribution is -2.38. The summed E-state index contributed by atoms with van der Waals surface area (Å²) in [4.78, 5) is 12.6. The van der Waals surface area contributed by atoms with Gasteiger partial charge in [0.1, 0.15) is 6.54 Å². The van der Waals surface area contributed by atoms with E-state index in [-0.39, 0.29) is 18.5 Å². The highest BCUT2D eigenvalue weighted by Crippen LogP contribution is 2.16. The van der Waals surface area contributed by atoms with Gasteiger partial charge in [0, 0.05) is 19.0 Å². The molecule has 4 nitrogen and oxygen atoms in total. The van der Waals surface area contributed by atoms with E-state index >= 15 is 0 Å². The quantitative estimate of drug-likeness (QED) is 0.541. The Morgan fingerprint density at radius 1 is 1.82 bits per heavy atom. The van der Waals surface area contributed by atoms with Crippen LogP contribution in [0.25, 0.3) is 0 Å². The van der Waals surface area contributed by atoms with Gasteiger partial charge >= 0.3 is 0 Å². The molecule has 2 N–H and O–H groups in total. The van der Waals surface area contributed by atoms with Crippen LogP contribution in [0.3, 0.4) is 0 Å². The fourth-order valence-corrected chi connectivity index (χ4v) is 1.33. The number of hydrogen-bond donors (Lipinski definition) is 1. The van der Waals surface area contributed by atoms with E-state index in [0.717, 1.165) is 6.42 Å². The maximum absolute atomic E-state index is 11.1. The topological polar surface area (TPSA) is 70.1 Å². The third kappa shape index (κ3) is 1.49. The van der Waals surface area contributed by atoms with E-state index in [2.05, 4.69) is 0 Å². The first-order valence-corrected chi connectivity index (χ1v) is 3.66. The first-order valence-electron chi connectivity index (χ1n) is 3.66. The molecule has 0 aromatic rings. The second-order valence-corrected chi connectivity index (χ2v) is 2.61. The molecule has 4 heteroatoms. The molecule has 11 heavy (non-hydrogen) atoms. The number of nitriles is 1. The van der Waals surface area contributed by atoms with Crippen LogP contribution in [0.1, 0.15) is 12.8 Å². The van der Waals surface area contributed by atoms with Gasteiger partial charge in [-0.25, -0.2) is 0 Å². The number of nitrogens with zero attached hydrogens (tertiary/aromatic N) is 2. The van der Waals surface area contributed by atoms with Crippen LogP contribution >= 0.6 is 0 Å². The second kappa shape index (κ2) is 3.35. The number of carbonyl (C=O) groups is 1. The molecule has 1 amide bonds.